The quantitative estimate of drug-likeness (QED) is 0.241. The van der Waals surface area contributed by atoms with Crippen LogP contribution in [-0.2, 0) is 6.54 Å². The molecule has 0 radical (unpaired) electrons. The van der Waals surface area contributed by atoms with Crippen LogP contribution in [0.5, 0.6) is 11.5 Å². The minimum Gasteiger partial charge on any atom is -0.457 e. The number of nitrogens with two attached hydrogens (primary N) is 1. The van der Waals surface area contributed by atoms with Gasteiger partial charge in [-0.25, -0.2) is 0 Å². The van der Waals surface area contributed by atoms with Gasteiger partial charge in [0.25, 0.3) is 0 Å². The van der Waals surface area contributed by atoms with Crippen molar-refractivity contribution in [3.63, 3.8) is 0 Å². The zero-order valence-corrected chi connectivity index (χ0v) is 26.8. The van der Waals surface area contributed by atoms with Crippen molar-refractivity contribution in [1.29, 1.82) is 0 Å². The fourth-order valence-corrected chi connectivity index (χ4v) is 7.57. The van der Waals surface area contributed by atoms with Gasteiger partial charge in [0, 0.05) is 43.0 Å². The summed E-state index contributed by atoms with van der Waals surface area (Å²) < 4.78 is 6.21. The van der Waals surface area contributed by atoms with Crippen LogP contribution in [0.1, 0.15) is 102 Å². The summed E-state index contributed by atoms with van der Waals surface area (Å²) in [4.78, 5) is 10.1. The van der Waals surface area contributed by atoms with Gasteiger partial charge in [0.2, 0.25) is 0 Å². The molecule has 2 saturated carbocycles. The number of nitrogens with zero attached hydrogens (tertiary/aromatic N) is 3. The van der Waals surface area contributed by atoms with Crippen molar-refractivity contribution in [2.24, 2.45) is 16.6 Å². The van der Waals surface area contributed by atoms with Crippen LogP contribution in [0.15, 0.2) is 77.7 Å². The smallest absolute Gasteiger partial charge is 0.127 e. The molecule has 0 spiro atoms. The van der Waals surface area contributed by atoms with Crippen LogP contribution in [0.3, 0.4) is 0 Å². The zero-order valence-electron chi connectivity index (χ0n) is 26.8. The number of aliphatic imine (C=N–C) groups is 1. The lowest BCUT2D eigenvalue weighted by atomic mass is 9.81. The van der Waals surface area contributed by atoms with Crippen LogP contribution in [0, 0.1) is 12.8 Å². The van der Waals surface area contributed by atoms with Gasteiger partial charge < -0.3 is 15.4 Å². The normalized spacial score (nSPS) is 18.8. The first kappa shape index (κ1) is 31.4. The van der Waals surface area contributed by atoms with Crippen LogP contribution < -0.4 is 10.5 Å². The Kier molecular flexibility index (Phi) is 11.4. The van der Waals surface area contributed by atoms with Crippen molar-refractivity contribution in [3.8, 4) is 11.5 Å². The first-order valence-corrected chi connectivity index (χ1v) is 17.0. The molecule has 2 aromatic carbocycles. The molecule has 232 valence electrons. The Labute approximate surface area is 260 Å². The Bertz CT molecular complexity index is 1240. The maximum absolute atomic E-state index is 6.64. The molecule has 0 aromatic heterocycles. The van der Waals surface area contributed by atoms with E-state index in [-0.39, 0.29) is 0 Å². The molecule has 0 amide bonds. The standard InChI is InChI=1S/C38H54N4O/c1-29-21-24-37(43-36-18-11-6-12-19-36)26-33(29)27-42(31(3)39)38(32-14-7-4-8-15-32)20-13-25-41(35-16-9-5-10-17-35)28-34-23-22-30(2)40-34/h6,11-12,18-19,21-22,24,26,32,35,38H,3-5,7-10,13-17,20,23,25,27-28,39H2,1-2H3/t38-/m0/s1. The van der Waals surface area contributed by atoms with E-state index in [1.54, 1.807) is 0 Å². The molecule has 5 rings (SSSR count). The fraction of sp³-hybridized carbons (Fsp3) is 0.553. The van der Waals surface area contributed by atoms with Gasteiger partial charge >= 0.3 is 0 Å². The summed E-state index contributed by atoms with van der Waals surface area (Å²) in [5, 5.41) is 0. The molecule has 2 N–H and O–H groups in total. The van der Waals surface area contributed by atoms with Crippen LogP contribution in [0.2, 0.25) is 0 Å². The van der Waals surface area contributed by atoms with E-state index in [2.05, 4.69) is 54.5 Å². The lowest BCUT2D eigenvalue weighted by molar-refractivity contribution is 0.120. The highest BCUT2D eigenvalue weighted by Crippen LogP contribution is 2.34. The highest BCUT2D eigenvalue weighted by atomic mass is 16.5. The van der Waals surface area contributed by atoms with Crippen molar-refractivity contribution in [2.45, 2.75) is 116 Å². The molecule has 1 atom stereocenters. The maximum atomic E-state index is 6.64. The van der Waals surface area contributed by atoms with Gasteiger partial charge in [0.15, 0.2) is 0 Å². The number of benzene rings is 2. The number of aryl methyl sites for hydroxylation is 1. The van der Waals surface area contributed by atoms with Gasteiger partial charge in [0.05, 0.1) is 5.82 Å². The van der Waals surface area contributed by atoms with Crippen LogP contribution in [-0.4, -0.2) is 40.7 Å². The minimum atomic E-state index is 0.400. The molecule has 2 aliphatic carbocycles. The second kappa shape index (κ2) is 15.6. The van der Waals surface area contributed by atoms with Gasteiger partial charge in [-0.05, 0) is 100 Å². The van der Waals surface area contributed by atoms with E-state index in [4.69, 9.17) is 15.5 Å². The molecule has 0 saturated heterocycles. The Balaban J connectivity index is 1.30. The maximum Gasteiger partial charge on any atom is 0.127 e. The largest absolute Gasteiger partial charge is 0.457 e. The van der Waals surface area contributed by atoms with E-state index in [0.717, 1.165) is 44.0 Å². The van der Waals surface area contributed by atoms with Crippen molar-refractivity contribution < 1.29 is 4.74 Å². The summed E-state index contributed by atoms with van der Waals surface area (Å²) in [6.07, 6.45) is 19.0. The molecule has 0 unspecified atom stereocenters. The minimum absolute atomic E-state index is 0.400. The first-order valence-electron chi connectivity index (χ1n) is 17.0. The lowest BCUT2D eigenvalue weighted by Crippen LogP contribution is -2.44. The third kappa shape index (κ3) is 8.98. The lowest BCUT2D eigenvalue weighted by Gasteiger charge is -2.41. The van der Waals surface area contributed by atoms with Crippen LogP contribution >= 0.6 is 0 Å². The zero-order chi connectivity index (χ0) is 30.0. The third-order valence-corrected chi connectivity index (χ3v) is 9.99. The van der Waals surface area contributed by atoms with Gasteiger partial charge in [-0.15, -0.1) is 0 Å². The average Bonchev–Trinajstić information content (AvgIpc) is 3.45. The van der Waals surface area contributed by atoms with Gasteiger partial charge in [-0.1, -0.05) is 75.4 Å². The molecule has 5 nitrogen and oxygen atoms in total. The summed E-state index contributed by atoms with van der Waals surface area (Å²) in [6.45, 7) is 11.6. The predicted molar refractivity (Wildman–Crippen MR) is 180 cm³/mol. The van der Waals surface area contributed by atoms with Crippen molar-refractivity contribution in [2.75, 3.05) is 13.1 Å². The van der Waals surface area contributed by atoms with E-state index < -0.39 is 0 Å². The molecule has 5 heteroatoms. The molecule has 2 aromatic rings. The van der Waals surface area contributed by atoms with Crippen molar-refractivity contribution in [1.82, 2.24) is 9.80 Å². The van der Waals surface area contributed by atoms with E-state index in [0.29, 0.717) is 23.8 Å². The van der Waals surface area contributed by atoms with E-state index in [1.807, 2.05) is 30.3 Å². The summed E-state index contributed by atoms with van der Waals surface area (Å²) in [6, 6.07) is 17.6. The van der Waals surface area contributed by atoms with Gasteiger partial charge in [-0.3, -0.25) is 9.89 Å². The van der Waals surface area contributed by atoms with Crippen molar-refractivity contribution in [3.05, 3.63) is 83.8 Å². The fourth-order valence-electron chi connectivity index (χ4n) is 7.57. The predicted octanol–water partition coefficient (Wildman–Crippen LogP) is 9.13. The Hall–Kier alpha value is -3.05. The van der Waals surface area contributed by atoms with Crippen molar-refractivity contribution >= 4 is 5.71 Å². The summed E-state index contributed by atoms with van der Waals surface area (Å²) >= 11 is 0. The number of hydrogen-bond donors (Lipinski definition) is 1. The Morgan fingerprint density at radius 3 is 2.33 bits per heavy atom. The summed E-state index contributed by atoms with van der Waals surface area (Å²) in [7, 11) is 0. The van der Waals surface area contributed by atoms with Gasteiger partial charge in [0.1, 0.15) is 11.5 Å². The van der Waals surface area contributed by atoms with E-state index in [9.17, 15) is 0 Å². The molecule has 1 aliphatic heterocycles. The number of hydrogen-bond acceptors (Lipinski definition) is 5. The summed E-state index contributed by atoms with van der Waals surface area (Å²) in [5.74, 6) is 3.07. The van der Waals surface area contributed by atoms with E-state index in [1.165, 1.54) is 93.2 Å². The molecule has 3 aliphatic rings. The number of para-hydroxylation sites is 1. The summed E-state index contributed by atoms with van der Waals surface area (Å²) in [5.41, 5.74) is 11.7. The van der Waals surface area contributed by atoms with Crippen LogP contribution in [0.4, 0.5) is 0 Å². The number of allylic oxidation sites excluding steroid dienone is 2. The Morgan fingerprint density at radius 1 is 0.930 bits per heavy atom. The molecule has 2 fully saturated rings. The van der Waals surface area contributed by atoms with Gasteiger partial charge in [-0.2, -0.15) is 0 Å². The molecule has 1 heterocycles. The number of rotatable bonds is 14. The molecule has 0 bridgehead atoms. The van der Waals surface area contributed by atoms with Crippen LogP contribution in [0.25, 0.3) is 0 Å². The highest BCUT2D eigenvalue weighted by Gasteiger charge is 2.30. The second-order valence-corrected chi connectivity index (χ2v) is 13.2. The average molecular weight is 583 g/mol. The topological polar surface area (TPSA) is 54.1 Å². The molecular formula is C38H54N4O. The Morgan fingerprint density at radius 2 is 1.65 bits per heavy atom. The number of ether oxygens (including phenoxy) is 1. The van der Waals surface area contributed by atoms with E-state index >= 15 is 0 Å². The second-order valence-electron chi connectivity index (χ2n) is 13.2. The molecular weight excluding hydrogens is 528 g/mol. The first-order chi connectivity index (χ1) is 21.0. The third-order valence-electron chi connectivity index (χ3n) is 9.99. The SMILES string of the molecule is C=C(N)N(Cc1cc(Oc2ccccc2)ccc1C)[C@@H](CCCN(CC1=NC(C)=CC1)C1CCCCC1)C1CCCCC1. The highest BCUT2D eigenvalue weighted by molar-refractivity contribution is 5.90. The molecule has 43 heavy (non-hydrogen) atoms. The monoisotopic (exact) mass is 582 g/mol.